The van der Waals surface area contributed by atoms with Crippen LogP contribution in [-0.2, 0) is 24.1 Å². The number of amides is 1. The van der Waals surface area contributed by atoms with Crippen LogP contribution in [0.15, 0.2) is 0 Å². The standard InChI is InChI=1S/C22H30F2N4OS/c1-4-28(12-11-22(2,23)24)18(29)13-17-25-20(27(3)14-9-10-14)19-15-7-5-6-8-16(15)30-21(19)26-17/h14H,4-13H2,1-3H3. The van der Waals surface area contributed by atoms with Gasteiger partial charge in [0, 0.05) is 37.5 Å². The molecule has 0 radical (unpaired) electrons. The number of thiophene rings is 1. The van der Waals surface area contributed by atoms with E-state index in [4.69, 9.17) is 9.97 Å². The van der Waals surface area contributed by atoms with Gasteiger partial charge in [-0.2, -0.15) is 0 Å². The number of carbonyl (C=O) groups excluding carboxylic acids is 1. The Morgan fingerprint density at radius 2 is 1.97 bits per heavy atom. The quantitative estimate of drug-likeness (QED) is 0.607. The van der Waals surface area contributed by atoms with E-state index >= 15 is 0 Å². The topological polar surface area (TPSA) is 49.3 Å². The molecule has 0 bridgehead atoms. The smallest absolute Gasteiger partial charge is 0.247 e. The van der Waals surface area contributed by atoms with Crippen molar-refractivity contribution in [1.29, 1.82) is 0 Å². The number of aromatic nitrogens is 2. The van der Waals surface area contributed by atoms with E-state index in [1.54, 1.807) is 11.3 Å². The first-order valence-corrected chi connectivity index (χ1v) is 11.8. The van der Waals surface area contributed by atoms with Crippen LogP contribution in [0.25, 0.3) is 10.2 Å². The molecule has 2 aliphatic rings. The predicted molar refractivity (Wildman–Crippen MR) is 117 cm³/mol. The van der Waals surface area contributed by atoms with E-state index in [1.807, 2.05) is 6.92 Å². The fourth-order valence-electron chi connectivity index (χ4n) is 4.19. The Labute approximate surface area is 180 Å². The van der Waals surface area contributed by atoms with E-state index in [-0.39, 0.29) is 25.3 Å². The molecule has 0 aromatic carbocycles. The van der Waals surface area contributed by atoms with Crippen LogP contribution in [0.3, 0.4) is 0 Å². The molecule has 2 aromatic heterocycles. The number of hydrogen-bond donors (Lipinski definition) is 0. The fraction of sp³-hybridized carbons (Fsp3) is 0.682. The molecule has 0 atom stereocenters. The van der Waals surface area contributed by atoms with Crippen molar-refractivity contribution in [2.75, 3.05) is 25.0 Å². The number of halogens is 2. The molecule has 4 rings (SSSR count). The molecule has 164 valence electrons. The zero-order valence-electron chi connectivity index (χ0n) is 18.0. The summed E-state index contributed by atoms with van der Waals surface area (Å²) in [6.45, 7) is 3.15. The first kappa shape index (κ1) is 21.4. The highest BCUT2D eigenvalue weighted by Gasteiger charge is 2.31. The molecule has 0 saturated heterocycles. The lowest BCUT2D eigenvalue weighted by molar-refractivity contribution is -0.131. The molecule has 0 N–H and O–H groups in total. The van der Waals surface area contributed by atoms with Crippen LogP contribution in [0.5, 0.6) is 0 Å². The summed E-state index contributed by atoms with van der Waals surface area (Å²) < 4.78 is 26.5. The van der Waals surface area contributed by atoms with Crippen molar-refractivity contribution < 1.29 is 13.6 Å². The van der Waals surface area contributed by atoms with Gasteiger partial charge in [0.15, 0.2) is 0 Å². The molecular formula is C22H30F2N4OS. The van der Waals surface area contributed by atoms with E-state index in [0.29, 0.717) is 18.4 Å². The van der Waals surface area contributed by atoms with Crippen molar-refractivity contribution in [3.05, 3.63) is 16.3 Å². The summed E-state index contributed by atoms with van der Waals surface area (Å²) in [6, 6.07) is 0.504. The maximum absolute atomic E-state index is 13.3. The van der Waals surface area contributed by atoms with E-state index in [0.717, 1.165) is 43.3 Å². The van der Waals surface area contributed by atoms with Gasteiger partial charge in [-0.15, -0.1) is 11.3 Å². The summed E-state index contributed by atoms with van der Waals surface area (Å²) in [7, 11) is 2.08. The first-order chi connectivity index (χ1) is 14.3. The number of nitrogens with zero attached hydrogens (tertiary/aromatic N) is 4. The first-order valence-electron chi connectivity index (χ1n) is 11.0. The van der Waals surface area contributed by atoms with Crippen molar-refractivity contribution in [2.45, 2.75) is 77.2 Å². The lowest BCUT2D eigenvalue weighted by atomic mass is 9.97. The fourth-order valence-corrected chi connectivity index (χ4v) is 5.46. The molecular weight excluding hydrogens is 406 g/mol. The number of hydrogen-bond acceptors (Lipinski definition) is 5. The third-order valence-electron chi connectivity index (χ3n) is 6.14. The van der Waals surface area contributed by atoms with Crippen molar-refractivity contribution in [3.8, 4) is 0 Å². The Morgan fingerprint density at radius 3 is 2.63 bits per heavy atom. The van der Waals surface area contributed by atoms with Crippen LogP contribution in [0.4, 0.5) is 14.6 Å². The van der Waals surface area contributed by atoms with Crippen LogP contribution < -0.4 is 4.90 Å². The molecule has 0 aliphatic heterocycles. The second kappa shape index (κ2) is 8.36. The lowest BCUT2D eigenvalue weighted by Crippen LogP contribution is -2.35. The predicted octanol–water partition coefficient (Wildman–Crippen LogP) is 4.61. The molecule has 1 fully saturated rings. The van der Waals surface area contributed by atoms with E-state index in [1.165, 1.54) is 33.6 Å². The van der Waals surface area contributed by atoms with Gasteiger partial charge in [0.25, 0.3) is 0 Å². The van der Waals surface area contributed by atoms with Gasteiger partial charge in [0.1, 0.15) is 16.5 Å². The monoisotopic (exact) mass is 436 g/mol. The third-order valence-corrected chi connectivity index (χ3v) is 7.32. The molecule has 2 heterocycles. The zero-order chi connectivity index (χ0) is 21.5. The Hall–Kier alpha value is -1.83. The highest BCUT2D eigenvalue weighted by Crippen LogP contribution is 2.41. The van der Waals surface area contributed by atoms with Crippen LogP contribution in [0.2, 0.25) is 0 Å². The summed E-state index contributed by atoms with van der Waals surface area (Å²) in [5.41, 5.74) is 1.39. The normalized spacial score (nSPS) is 16.6. The Bertz CT molecular complexity index is 935. The number of anilines is 1. The van der Waals surface area contributed by atoms with E-state index in [9.17, 15) is 13.6 Å². The molecule has 2 aliphatic carbocycles. The number of rotatable bonds is 8. The zero-order valence-corrected chi connectivity index (χ0v) is 18.8. The lowest BCUT2D eigenvalue weighted by Gasteiger charge is -2.23. The molecule has 1 saturated carbocycles. The van der Waals surface area contributed by atoms with Crippen molar-refractivity contribution in [2.24, 2.45) is 0 Å². The van der Waals surface area contributed by atoms with Gasteiger partial charge < -0.3 is 9.80 Å². The molecule has 2 aromatic rings. The minimum atomic E-state index is -2.78. The number of alkyl halides is 2. The largest absolute Gasteiger partial charge is 0.356 e. The molecule has 5 nitrogen and oxygen atoms in total. The van der Waals surface area contributed by atoms with Crippen LogP contribution >= 0.6 is 11.3 Å². The molecule has 30 heavy (non-hydrogen) atoms. The highest BCUT2D eigenvalue weighted by atomic mass is 32.1. The number of carbonyl (C=O) groups is 1. The minimum Gasteiger partial charge on any atom is -0.356 e. The number of fused-ring (bicyclic) bond motifs is 3. The van der Waals surface area contributed by atoms with E-state index in [2.05, 4.69) is 11.9 Å². The number of likely N-dealkylation sites (N-methyl/N-ethyl adjacent to an activating group) is 1. The van der Waals surface area contributed by atoms with E-state index < -0.39 is 5.92 Å². The van der Waals surface area contributed by atoms with Gasteiger partial charge in [0.2, 0.25) is 11.8 Å². The second-order valence-electron chi connectivity index (χ2n) is 8.67. The Kier molecular flexibility index (Phi) is 5.97. The van der Waals surface area contributed by atoms with Crippen LogP contribution in [0, 0.1) is 0 Å². The molecule has 0 unspecified atom stereocenters. The molecule has 8 heteroatoms. The molecule has 1 amide bonds. The van der Waals surface area contributed by atoms with Crippen molar-refractivity contribution >= 4 is 33.3 Å². The van der Waals surface area contributed by atoms with Gasteiger partial charge in [-0.1, -0.05) is 0 Å². The van der Waals surface area contributed by atoms with Crippen molar-refractivity contribution in [1.82, 2.24) is 14.9 Å². The third kappa shape index (κ3) is 4.58. The average Bonchev–Trinajstić information content (AvgIpc) is 3.47. The highest BCUT2D eigenvalue weighted by molar-refractivity contribution is 7.19. The van der Waals surface area contributed by atoms with Crippen molar-refractivity contribution in [3.63, 3.8) is 0 Å². The van der Waals surface area contributed by atoms with Crippen LogP contribution in [0.1, 0.15) is 62.2 Å². The van der Waals surface area contributed by atoms with Gasteiger partial charge in [0.05, 0.1) is 11.8 Å². The van der Waals surface area contributed by atoms with Crippen LogP contribution in [-0.4, -0.2) is 52.9 Å². The summed E-state index contributed by atoms with van der Waals surface area (Å²) >= 11 is 1.73. The maximum atomic E-state index is 13.3. The summed E-state index contributed by atoms with van der Waals surface area (Å²) in [5.74, 6) is -1.54. The Morgan fingerprint density at radius 1 is 1.23 bits per heavy atom. The molecule has 0 spiro atoms. The summed E-state index contributed by atoms with van der Waals surface area (Å²) in [4.78, 5) is 28.5. The number of aryl methyl sites for hydroxylation is 2. The van der Waals surface area contributed by atoms with Gasteiger partial charge in [-0.25, -0.2) is 18.7 Å². The van der Waals surface area contributed by atoms with Gasteiger partial charge >= 0.3 is 0 Å². The Balaban J connectivity index is 1.63. The van der Waals surface area contributed by atoms with Gasteiger partial charge in [-0.3, -0.25) is 4.79 Å². The summed E-state index contributed by atoms with van der Waals surface area (Å²) in [6.07, 6.45) is 6.60. The SMILES string of the molecule is CCN(CCC(C)(F)F)C(=O)Cc1nc(N(C)C2CC2)c2c3c(sc2n1)CCCC3. The summed E-state index contributed by atoms with van der Waals surface area (Å²) in [5, 5.41) is 1.17. The second-order valence-corrected chi connectivity index (χ2v) is 9.75. The minimum absolute atomic E-state index is 0.0449. The average molecular weight is 437 g/mol. The maximum Gasteiger partial charge on any atom is 0.247 e. The van der Waals surface area contributed by atoms with Gasteiger partial charge in [-0.05, 0) is 57.9 Å².